The second-order valence-electron chi connectivity index (χ2n) is 5.15. The summed E-state index contributed by atoms with van der Waals surface area (Å²) in [5.41, 5.74) is 0.475. The lowest BCUT2D eigenvalue weighted by atomic mass is 10.2. The fraction of sp³-hybridized carbons (Fsp3) is 0.400. The molecule has 118 valence electrons. The fourth-order valence-electron chi connectivity index (χ4n) is 1.67. The van der Waals surface area contributed by atoms with Gasteiger partial charge in [-0.05, 0) is 30.5 Å². The molecule has 0 aliphatic carbocycles. The standard InChI is InChI=1S/C15H18BrN3O2S/c1-4-13-18-19-15(22-13)17-14(20)11-7-10(16)5-6-12(11)21-8-9(2)3/h5-7,9H,4,8H2,1-3H3,(H,17,19,20). The van der Waals surface area contributed by atoms with Gasteiger partial charge in [-0.15, -0.1) is 10.2 Å². The van der Waals surface area contributed by atoms with Gasteiger partial charge in [-0.2, -0.15) is 0 Å². The zero-order valence-electron chi connectivity index (χ0n) is 12.7. The van der Waals surface area contributed by atoms with Crippen LogP contribution in [-0.4, -0.2) is 22.7 Å². The number of nitrogens with zero attached hydrogens (tertiary/aromatic N) is 2. The van der Waals surface area contributed by atoms with Gasteiger partial charge >= 0.3 is 0 Å². The minimum atomic E-state index is -0.251. The first kappa shape index (κ1) is 16.9. The highest BCUT2D eigenvalue weighted by Gasteiger charge is 2.16. The largest absolute Gasteiger partial charge is 0.492 e. The van der Waals surface area contributed by atoms with Crippen molar-refractivity contribution in [2.24, 2.45) is 5.92 Å². The number of rotatable bonds is 6. The number of benzene rings is 1. The summed E-state index contributed by atoms with van der Waals surface area (Å²) in [7, 11) is 0. The van der Waals surface area contributed by atoms with Crippen LogP contribution in [0, 0.1) is 5.92 Å². The summed E-state index contributed by atoms with van der Waals surface area (Å²) in [6.07, 6.45) is 0.799. The van der Waals surface area contributed by atoms with E-state index in [4.69, 9.17) is 4.74 Å². The van der Waals surface area contributed by atoms with E-state index < -0.39 is 0 Å². The van der Waals surface area contributed by atoms with Crippen LogP contribution in [0.4, 0.5) is 5.13 Å². The predicted molar refractivity (Wildman–Crippen MR) is 91.7 cm³/mol. The number of aryl methyl sites for hydroxylation is 1. The second kappa shape index (κ2) is 7.69. The van der Waals surface area contributed by atoms with Crippen molar-refractivity contribution in [1.82, 2.24) is 10.2 Å². The number of halogens is 1. The quantitative estimate of drug-likeness (QED) is 0.813. The van der Waals surface area contributed by atoms with Crippen molar-refractivity contribution in [3.63, 3.8) is 0 Å². The summed E-state index contributed by atoms with van der Waals surface area (Å²) in [6, 6.07) is 5.39. The van der Waals surface area contributed by atoms with Crippen molar-refractivity contribution >= 4 is 38.3 Å². The molecule has 0 fully saturated rings. The van der Waals surface area contributed by atoms with Crippen LogP contribution in [0.5, 0.6) is 5.75 Å². The van der Waals surface area contributed by atoms with E-state index >= 15 is 0 Å². The lowest BCUT2D eigenvalue weighted by Gasteiger charge is -2.13. The molecule has 0 unspecified atom stereocenters. The Hall–Kier alpha value is -1.47. The van der Waals surface area contributed by atoms with Gasteiger partial charge in [0.15, 0.2) is 0 Å². The molecule has 0 aliphatic heterocycles. The molecule has 1 aromatic carbocycles. The number of aromatic nitrogens is 2. The van der Waals surface area contributed by atoms with Crippen molar-refractivity contribution in [3.05, 3.63) is 33.2 Å². The van der Waals surface area contributed by atoms with Gasteiger partial charge in [-0.1, -0.05) is 48.0 Å². The average molecular weight is 384 g/mol. The number of nitrogens with one attached hydrogen (secondary N) is 1. The predicted octanol–water partition coefficient (Wildman–Crippen LogP) is 4.15. The second-order valence-corrected chi connectivity index (χ2v) is 7.13. The molecule has 5 nitrogen and oxygen atoms in total. The molecule has 22 heavy (non-hydrogen) atoms. The third-order valence-corrected chi connectivity index (χ3v) is 4.22. The Morgan fingerprint density at radius 1 is 1.41 bits per heavy atom. The van der Waals surface area contributed by atoms with Crippen molar-refractivity contribution in [2.75, 3.05) is 11.9 Å². The SMILES string of the molecule is CCc1nnc(NC(=O)c2cc(Br)ccc2OCC(C)C)s1. The van der Waals surface area contributed by atoms with Crippen LogP contribution in [0.25, 0.3) is 0 Å². The first-order chi connectivity index (χ1) is 10.5. The summed E-state index contributed by atoms with van der Waals surface area (Å²) in [5.74, 6) is 0.698. The van der Waals surface area contributed by atoms with Gasteiger partial charge in [-0.3, -0.25) is 10.1 Å². The maximum atomic E-state index is 12.5. The van der Waals surface area contributed by atoms with Crippen molar-refractivity contribution in [2.45, 2.75) is 27.2 Å². The van der Waals surface area contributed by atoms with Gasteiger partial charge in [0.25, 0.3) is 5.91 Å². The minimum absolute atomic E-state index is 0.251. The van der Waals surface area contributed by atoms with E-state index in [0.717, 1.165) is 15.9 Å². The molecule has 1 aromatic heterocycles. The summed E-state index contributed by atoms with van der Waals surface area (Å²) >= 11 is 4.76. The summed E-state index contributed by atoms with van der Waals surface area (Å²) < 4.78 is 6.54. The van der Waals surface area contributed by atoms with Crippen molar-refractivity contribution in [1.29, 1.82) is 0 Å². The van der Waals surface area contributed by atoms with Crippen LogP contribution >= 0.6 is 27.3 Å². The van der Waals surface area contributed by atoms with Gasteiger partial charge in [0.2, 0.25) is 5.13 Å². The van der Waals surface area contributed by atoms with Gasteiger partial charge in [0, 0.05) is 4.47 Å². The Bertz CT molecular complexity index is 658. The van der Waals surface area contributed by atoms with E-state index in [2.05, 4.69) is 45.3 Å². The molecule has 7 heteroatoms. The molecule has 0 spiro atoms. The molecule has 0 aliphatic rings. The number of ether oxygens (including phenoxy) is 1. The minimum Gasteiger partial charge on any atom is -0.492 e. The number of carbonyl (C=O) groups excluding carboxylic acids is 1. The molecule has 0 atom stereocenters. The molecule has 0 saturated heterocycles. The molecular weight excluding hydrogens is 366 g/mol. The normalized spacial score (nSPS) is 10.8. The van der Waals surface area contributed by atoms with Crippen LogP contribution < -0.4 is 10.1 Å². The first-order valence-corrected chi connectivity index (χ1v) is 8.66. The maximum Gasteiger partial charge on any atom is 0.261 e. The number of anilines is 1. The summed E-state index contributed by atoms with van der Waals surface area (Å²) in [5, 5.41) is 12.1. The lowest BCUT2D eigenvalue weighted by molar-refractivity contribution is 0.102. The molecule has 2 rings (SSSR count). The van der Waals surface area contributed by atoms with Crippen LogP contribution in [-0.2, 0) is 6.42 Å². The third-order valence-electron chi connectivity index (χ3n) is 2.75. The third kappa shape index (κ3) is 4.51. The Kier molecular flexibility index (Phi) is 5.90. The monoisotopic (exact) mass is 383 g/mol. The number of hydrogen-bond acceptors (Lipinski definition) is 5. The first-order valence-electron chi connectivity index (χ1n) is 7.05. The number of hydrogen-bond donors (Lipinski definition) is 1. The summed E-state index contributed by atoms with van der Waals surface area (Å²) in [6.45, 7) is 6.68. The molecule has 0 bridgehead atoms. The zero-order valence-corrected chi connectivity index (χ0v) is 15.1. The van der Waals surface area contributed by atoms with Crippen LogP contribution in [0.3, 0.4) is 0 Å². The van der Waals surface area contributed by atoms with Crippen LogP contribution in [0.1, 0.15) is 36.1 Å². The Morgan fingerprint density at radius 2 is 2.18 bits per heavy atom. The van der Waals surface area contributed by atoms with Gasteiger partial charge in [0.05, 0.1) is 12.2 Å². The molecule has 1 N–H and O–H groups in total. The van der Waals surface area contributed by atoms with Crippen LogP contribution in [0.15, 0.2) is 22.7 Å². The lowest BCUT2D eigenvalue weighted by Crippen LogP contribution is -2.15. The highest BCUT2D eigenvalue weighted by atomic mass is 79.9. The Labute approximate surface area is 142 Å². The highest BCUT2D eigenvalue weighted by molar-refractivity contribution is 9.10. The van der Waals surface area contributed by atoms with Crippen molar-refractivity contribution < 1.29 is 9.53 Å². The van der Waals surface area contributed by atoms with E-state index in [-0.39, 0.29) is 5.91 Å². The van der Waals surface area contributed by atoms with Gasteiger partial charge in [0.1, 0.15) is 10.8 Å². The van der Waals surface area contributed by atoms with Gasteiger partial charge in [-0.25, -0.2) is 0 Å². The summed E-state index contributed by atoms with van der Waals surface area (Å²) in [4.78, 5) is 12.5. The fourth-order valence-corrected chi connectivity index (χ4v) is 2.71. The van der Waals surface area contributed by atoms with Crippen LogP contribution in [0.2, 0.25) is 0 Å². The molecule has 0 radical (unpaired) electrons. The average Bonchev–Trinajstić information content (AvgIpc) is 2.93. The highest BCUT2D eigenvalue weighted by Crippen LogP contribution is 2.25. The topological polar surface area (TPSA) is 64.1 Å². The van der Waals surface area contributed by atoms with E-state index in [0.29, 0.717) is 29.0 Å². The molecule has 1 heterocycles. The van der Waals surface area contributed by atoms with Crippen molar-refractivity contribution in [3.8, 4) is 5.75 Å². The van der Waals surface area contributed by atoms with E-state index in [9.17, 15) is 4.79 Å². The van der Waals surface area contributed by atoms with E-state index in [1.54, 1.807) is 12.1 Å². The molecule has 0 saturated carbocycles. The van der Waals surface area contributed by atoms with E-state index in [1.807, 2.05) is 13.0 Å². The van der Waals surface area contributed by atoms with E-state index in [1.165, 1.54) is 11.3 Å². The molecule has 2 aromatic rings. The number of carbonyl (C=O) groups is 1. The Balaban J connectivity index is 2.18. The molecular formula is C15H18BrN3O2S. The smallest absolute Gasteiger partial charge is 0.261 e. The van der Waals surface area contributed by atoms with Gasteiger partial charge < -0.3 is 4.74 Å². The Morgan fingerprint density at radius 3 is 2.82 bits per heavy atom. The molecule has 1 amide bonds. The zero-order chi connectivity index (χ0) is 16.1. The maximum absolute atomic E-state index is 12.5. The number of amides is 1.